The van der Waals surface area contributed by atoms with Crippen molar-refractivity contribution in [2.45, 2.75) is 12.5 Å². The predicted octanol–water partition coefficient (Wildman–Crippen LogP) is 3.55. The lowest BCUT2D eigenvalue weighted by Gasteiger charge is -2.20. The standard InChI is InChI=1S/C17H16Cl2N2O4S/c1-26(23,24)21-7-6-16(25-15-5-3-2-4-14(15)21)17(22)20-13-9-11(18)8-12(19)10-13/h2-5,8-10,16H,6-7H2,1H3,(H,20,22). The molecule has 0 saturated carbocycles. The highest BCUT2D eigenvalue weighted by atomic mass is 35.5. The van der Waals surface area contributed by atoms with Gasteiger partial charge >= 0.3 is 0 Å². The number of rotatable bonds is 3. The molecule has 9 heteroatoms. The molecule has 1 amide bonds. The number of hydrogen-bond acceptors (Lipinski definition) is 4. The SMILES string of the molecule is CS(=O)(=O)N1CCC(C(=O)Nc2cc(Cl)cc(Cl)c2)Oc2ccccc21. The summed E-state index contributed by atoms with van der Waals surface area (Å²) in [6.45, 7) is 0.129. The molecule has 2 aromatic carbocycles. The second-order valence-corrected chi connectivity index (χ2v) is 8.63. The molecule has 1 aliphatic rings. The molecule has 0 radical (unpaired) electrons. The quantitative estimate of drug-likeness (QED) is 0.832. The van der Waals surface area contributed by atoms with Crippen molar-refractivity contribution in [1.82, 2.24) is 0 Å². The van der Waals surface area contributed by atoms with E-state index >= 15 is 0 Å². The first-order valence-corrected chi connectivity index (χ1v) is 10.3. The smallest absolute Gasteiger partial charge is 0.265 e. The maximum atomic E-state index is 12.6. The van der Waals surface area contributed by atoms with Gasteiger partial charge in [0.25, 0.3) is 5.91 Å². The summed E-state index contributed by atoms with van der Waals surface area (Å²) >= 11 is 11.9. The molecule has 2 aromatic rings. The third-order valence-electron chi connectivity index (χ3n) is 3.82. The van der Waals surface area contributed by atoms with E-state index < -0.39 is 22.0 Å². The molecule has 1 N–H and O–H groups in total. The highest BCUT2D eigenvalue weighted by Gasteiger charge is 2.31. The molecule has 0 bridgehead atoms. The van der Waals surface area contributed by atoms with Gasteiger partial charge in [0.05, 0.1) is 11.9 Å². The first-order valence-electron chi connectivity index (χ1n) is 7.74. The van der Waals surface area contributed by atoms with E-state index in [4.69, 9.17) is 27.9 Å². The number of nitrogens with one attached hydrogen (secondary N) is 1. The first kappa shape index (κ1) is 18.8. The van der Waals surface area contributed by atoms with Gasteiger partial charge in [-0.1, -0.05) is 35.3 Å². The molecular weight excluding hydrogens is 399 g/mol. The van der Waals surface area contributed by atoms with E-state index in [9.17, 15) is 13.2 Å². The summed E-state index contributed by atoms with van der Waals surface area (Å²) in [5.41, 5.74) is 0.852. The molecule has 138 valence electrons. The third-order valence-corrected chi connectivity index (χ3v) is 5.44. The number of carbonyl (C=O) groups is 1. The van der Waals surface area contributed by atoms with Gasteiger partial charge in [-0.15, -0.1) is 0 Å². The van der Waals surface area contributed by atoms with Gasteiger partial charge in [0.2, 0.25) is 10.0 Å². The minimum Gasteiger partial charge on any atom is -0.478 e. The van der Waals surface area contributed by atoms with Gasteiger partial charge in [-0.3, -0.25) is 9.10 Å². The van der Waals surface area contributed by atoms with Crippen molar-refractivity contribution in [2.75, 3.05) is 22.4 Å². The largest absolute Gasteiger partial charge is 0.478 e. The lowest BCUT2D eigenvalue weighted by Crippen LogP contribution is -2.35. The van der Waals surface area contributed by atoms with E-state index in [1.165, 1.54) is 4.31 Å². The number of nitrogens with zero attached hydrogens (tertiary/aromatic N) is 1. The average Bonchev–Trinajstić information content (AvgIpc) is 2.73. The van der Waals surface area contributed by atoms with E-state index in [2.05, 4.69) is 5.32 Å². The molecule has 26 heavy (non-hydrogen) atoms. The van der Waals surface area contributed by atoms with Gasteiger partial charge in [-0.2, -0.15) is 0 Å². The Morgan fingerprint density at radius 1 is 1.19 bits per heavy atom. The number of halogens is 2. The Labute approximate surface area is 161 Å². The summed E-state index contributed by atoms with van der Waals surface area (Å²) in [5.74, 6) is -0.0758. The number of sulfonamides is 1. The highest BCUT2D eigenvalue weighted by molar-refractivity contribution is 7.92. The van der Waals surface area contributed by atoms with Crippen LogP contribution in [0.5, 0.6) is 5.75 Å². The Bertz CT molecular complexity index is 929. The Hall–Kier alpha value is -1.96. The van der Waals surface area contributed by atoms with Crippen LogP contribution in [0.1, 0.15) is 6.42 Å². The van der Waals surface area contributed by atoms with Crippen molar-refractivity contribution in [2.24, 2.45) is 0 Å². The van der Waals surface area contributed by atoms with Crippen LogP contribution in [-0.4, -0.2) is 33.2 Å². The molecule has 1 aliphatic heterocycles. The van der Waals surface area contributed by atoms with Crippen LogP contribution in [0, 0.1) is 0 Å². The molecule has 1 unspecified atom stereocenters. The zero-order valence-electron chi connectivity index (χ0n) is 13.8. The number of amides is 1. The van der Waals surface area contributed by atoms with Gasteiger partial charge in [-0.25, -0.2) is 8.42 Å². The molecule has 6 nitrogen and oxygen atoms in total. The molecular formula is C17H16Cl2N2O4S. The Balaban J connectivity index is 1.85. The molecule has 0 spiro atoms. The predicted molar refractivity (Wildman–Crippen MR) is 103 cm³/mol. The van der Waals surface area contributed by atoms with Crippen LogP contribution in [0.3, 0.4) is 0 Å². The maximum Gasteiger partial charge on any atom is 0.265 e. The van der Waals surface area contributed by atoms with Gasteiger partial charge in [0, 0.05) is 28.7 Å². The number of anilines is 2. The van der Waals surface area contributed by atoms with E-state index in [0.29, 0.717) is 27.2 Å². The fourth-order valence-electron chi connectivity index (χ4n) is 2.71. The van der Waals surface area contributed by atoms with E-state index in [1.54, 1.807) is 42.5 Å². The molecule has 3 rings (SSSR count). The molecule has 1 atom stereocenters. The average molecular weight is 415 g/mol. The van der Waals surface area contributed by atoms with Crippen LogP contribution in [0.25, 0.3) is 0 Å². The zero-order valence-corrected chi connectivity index (χ0v) is 16.1. The zero-order chi connectivity index (χ0) is 18.9. The van der Waals surface area contributed by atoms with Crippen LogP contribution in [-0.2, 0) is 14.8 Å². The van der Waals surface area contributed by atoms with Crippen molar-refractivity contribution in [3.8, 4) is 5.75 Å². The fraction of sp³-hybridized carbons (Fsp3) is 0.235. The van der Waals surface area contributed by atoms with Crippen LogP contribution in [0.2, 0.25) is 10.0 Å². The van der Waals surface area contributed by atoms with Gasteiger partial charge in [-0.05, 0) is 30.3 Å². The van der Waals surface area contributed by atoms with Gasteiger partial charge in [0.15, 0.2) is 6.10 Å². The number of benzene rings is 2. The van der Waals surface area contributed by atoms with Crippen LogP contribution < -0.4 is 14.4 Å². The van der Waals surface area contributed by atoms with E-state index in [0.717, 1.165) is 6.26 Å². The lowest BCUT2D eigenvalue weighted by atomic mass is 10.2. The highest BCUT2D eigenvalue weighted by Crippen LogP contribution is 2.34. The minimum atomic E-state index is -3.50. The second-order valence-electron chi connectivity index (χ2n) is 5.85. The fourth-order valence-corrected chi connectivity index (χ4v) is 4.18. The Kier molecular flexibility index (Phi) is 5.32. The lowest BCUT2D eigenvalue weighted by molar-refractivity contribution is -0.122. The monoisotopic (exact) mass is 414 g/mol. The molecule has 0 saturated heterocycles. The first-order chi connectivity index (χ1) is 12.2. The van der Waals surface area contributed by atoms with Crippen LogP contribution in [0.15, 0.2) is 42.5 Å². The van der Waals surface area contributed by atoms with E-state index in [1.807, 2.05) is 0 Å². The maximum absolute atomic E-state index is 12.6. The molecule has 0 aliphatic carbocycles. The number of hydrogen-bond donors (Lipinski definition) is 1. The number of fused-ring (bicyclic) bond motifs is 1. The van der Waals surface area contributed by atoms with Crippen molar-refractivity contribution in [3.05, 3.63) is 52.5 Å². The molecule has 0 fully saturated rings. The molecule has 1 heterocycles. The third kappa shape index (κ3) is 4.23. The van der Waals surface area contributed by atoms with Crippen molar-refractivity contribution in [1.29, 1.82) is 0 Å². The van der Waals surface area contributed by atoms with E-state index in [-0.39, 0.29) is 13.0 Å². The van der Waals surface area contributed by atoms with Gasteiger partial charge < -0.3 is 10.1 Å². The summed E-state index contributed by atoms with van der Waals surface area (Å²) in [4.78, 5) is 12.6. The van der Waals surface area contributed by atoms with Crippen molar-refractivity contribution in [3.63, 3.8) is 0 Å². The van der Waals surface area contributed by atoms with Crippen molar-refractivity contribution >= 4 is 50.5 Å². The minimum absolute atomic E-state index is 0.129. The van der Waals surface area contributed by atoms with Crippen molar-refractivity contribution < 1.29 is 17.9 Å². The Morgan fingerprint density at radius 3 is 2.50 bits per heavy atom. The number of carbonyl (C=O) groups excluding carboxylic acids is 1. The van der Waals surface area contributed by atoms with Crippen LogP contribution >= 0.6 is 23.2 Å². The summed E-state index contributed by atoms with van der Waals surface area (Å²) in [7, 11) is -3.50. The van der Waals surface area contributed by atoms with Gasteiger partial charge in [0.1, 0.15) is 5.75 Å². The molecule has 0 aromatic heterocycles. The Morgan fingerprint density at radius 2 is 1.85 bits per heavy atom. The van der Waals surface area contributed by atoms with Crippen LogP contribution in [0.4, 0.5) is 11.4 Å². The summed E-state index contributed by atoms with van der Waals surface area (Å²) < 4.78 is 31.2. The topological polar surface area (TPSA) is 75.7 Å². The summed E-state index contributed by atoms with van der Waals surface area (Å²) in [6, 6.07) is 11.4. The number of ether oxygens (including phenoxy) is 1. The normalized spacial score (nSPS) is 17.0. The second kappa shape index (κ2) is 7.34. The summed E-state index contributed by atoms with van der Waals surface area (Å²) in [5, 5.41) is 3.49. The summed E-state index contributed by atoms with van der Waals surface area (Å²) in [6.07, 6.45) is 0.459. The number of para-hydroxylation sites is 2.